The molecule has 1 N–H and O–H groups in total. The summed E-state index contributed by atoms with van der Waals surface area (Å²) in [5.41, 5.74) is 2.08. The van der Waals surface area contributed by atoms with E-state index in [0.29, 0.717) is 0 Å². The van der Waals surface area contributed by atoms with Crippen molar-refractivity contribution in [2.45, 2.75) is 10.9 Å². The quantitative estimate of drug-likeness (QED) is 0.746. The molecule has 0 atom stereocenters. The van der Waals surface area contributed by atoms with Crippen molar-refractivity contribution < 1.29 is 0 Å². The average Bonchev–Trinajstić information content (AvgIpc) is 2.92. The first-order chi connectivity index (χ1) is 8.84. The van der Waals surface area contributed by atoms with Crippen LogP contribution in [0.5, 0.6) is 0 Å². The molecule has 0 aliphatic rings. The fourth-order valence-corrected chi connectivity index (χ4v) is 2.70. The SMILES string of the molecule is Clc1ccc(CSc2ncn[nH]2)c2ncccc12. The number of nitrogens with one attached hydrogen (secondary N) is 1. The molecule has 0 saturated carbocycles. The molecule has 0 aliphatic carbocycles. The Morgan fingerprint density at radius 2 is 2.17 bits per heavy atom. The molecule has 0 unspecified atom stereocenters. The minimum absolute atomic E-state index is 0.728. The normalized spacial score (nSPS) is 10.9. The van der Waals surface area contributed by atoms with E-state index in [1.807, 2.05) is 24.3 Å². The van der Waals surface area contributed by atoms with E-state index in [2.05, 4.69) is 20.2 Å². The fraction of sp³-hybridized carbons (Fsp3) is 0.0833. The third-order valence-electron chi connectivity index (χ3n) is 2.56. The fourth-order valence-electron chi connectivity index (χ4n) is 1.72. The molecule has 3 aromatic rings. The molecule has 4 nitrogen and oxygen atoms in total. The number of hydrogen-bond acceptors (Lipinski definition) is 4. The molecule has 18 heavy (non-hydrogen) atoms. The van der Waals surface area contributed by atoms with Crippen LogP contribution in [0.2, 0.25) is 5.02 Å². The third-order valence-corrected chi connectivity index (χ3v) is 3.81. The van der Waals surface area contributed by atoms with Gasteiger partial charge in [0, 0.05) is 22.4 Å². The zero-order valence-corrected chi connectivity index (χ0v) is 10.9. The van der Waals surface area contributed by atoms with Crippen molar-refractivity contribution >= 4 is 34.3 Å². The van der Waals surface area contributed by atoms with Crippen molar-refractivity contribution in [2.75, 3.05) is 0 Å². The second kappa shape index (κ2) is 4.96. The van der Waals surface area contributed by atoms with Crippen LogP contribution in [0.1, 0.15) is 5.56 Å². The van der Waals surface area contributed by atoms with Crippen LogP contribution < -0.4 is 0 Å². The van der Waals surface area contributed by atoms with E-state index < -0.39 is 0 Å². The highest BCUT2D eigenvalue weighted by atomic mass is 35.5. The summed E-state index contributed by atoms with van der Waals surface area (Å²) in [6, 6.07) is 7.78. The van der Waals surface area contributed by atoms with E-state index in [4.69, 9.17) is 11.6 Å². The second-order valence-electron chi connectivity index (χ2n) is 3.69. The zero-order chi connectivity index (χ0) is 12.4. The molecule has 2 heterocycles. The molecular weight excluding hydrogens is 268 g/mol. The van der Waals surface area contributed by atoms with Crippen LogP contribution in [0.4, 0.5) is 0 Å². The number of H-pyrrole nitrogens is 1. The molecule has 0 fully saturated rings. The maximum atomic E-state index is 6.15. The lowest BCUT2D eigenvalue weighted by atomic mass is 10.1. The van der Waals surface area contributed by atoms with Crippen molar-refractivity contribution in [3.05, 3.63) is 47.4 Å². The summed E-state index contributed by atoms with van der Waals surface area (Å²) < 4.78 is 0. The standard InChI is InChI=1S/C12H9ClN4S/c13-10-4-3-8(6-18-12-15-7-16-17-12)11-9(10)2-1-5-14-11/h1-5,7H,6H2,(H,15,16,17). The molecule has 0 saturated heterocycles. The molecular formula is C12H9ClN4S. The smallest absolute Gasteiger partial charge is 0.183 e. The van der Waals surface area contributed by atoms with E-state index in [9.17, 15) is 0 Å². The summed E-state index contributed by atoms with van der Waals surface area (Å²) in [6.07, 6.45) is 3.28. The summed E-state index contributed by atoms with van der Waals surface area (Å²) in [5.74, 6) is 0.778. The first kappa shape index (κ1) is 11.5. The maximum Gasteiger partial charge on any atom is 0.183 e. The largest absolute Gasteiger partial charge is 0.256 e. The van der Waals surface area contributed by atoms with E-state index in [-0.39, 0.29) is 0 Å². The summed E-state index contributed by atoms with van der Waals surface area (Å²) in [4.78, 5) is 8.48. The van der Waals surface area contributed by atoms with Crippen LogP contribution in [-0.2, 0) is 5.75 Å². The molecule has 0 amide bonds. The number of fused-ring (bicyclic) bond motifs is 1. The highest BCUT2D eigenvalue weighted by molar-refractivity contribution is 7.98. The number of aromatic amines is 1. The monoisotopic (exact) mass is 276 g/mol. The number of pyridine rings is 1. The summed E-state index contributed by atoms with van der Waals surface area (Å²) >= 11 is 7.74. The number of thioether (sulfide) groups is 1. The molecule has 6 heteroatoms. The van der Waals surface area contributed by atoms with Crippen molar-refractivity contribution in [2.24, 2.45) is 0 Å². The Morgan fingerprint density at radius 1 is 1.22 bits per heavy atom. The van der Waals surface area contributed by atoms with Gasteiger partial charge in [0.05, 0.1) is 5.52 Å². The molecule has 0 radical (unpaired) electrons. The summed E-state index contributed by atoms with van der Waals surface area (Å²) in [6.45, 7) is 0. The second-order valence-corrected chi connectivity index (χ2v) is 5.06. The van der Waals surface area contributed by atoms with Gasteiger partial charge in [0.25, 0.3) is 0 Å². The van der Waals surface area contributed by atoms with Crippen molar-refractivity contribution in [3.8, 4) is 0 Å². The number of rotatable bonds is 3. The van der Waals surface area contributed by atoms with Gasteiger partial charge in [-0.25, -0.2) is 4.98 Å². The third kappa shape index (κ3) is 2.19. The number of halogens is 1. The van der Waals surface area contributed by atoms with Gasteiger partial charge in [-0.05, 0) is 23.8 Å². The van der Waals surface area contributed by atoms with Crippen LogP contribution in [-0.4, -0.2) is 20.2 Å². The van der Waals surface area contributed by atoms with Gasteiger partial charge < -0.3 is 0 Å². The number of aromatic nitrogens is 4. The summed E-state index contributed by atoms with van der Waals surface area (Å²) in [5, 5.41) is 9.15. The van der Waals surface area contributed by atoms with Crippen LogP contribution in [0, 0.1) is 0 Å². The van der Waals surface area contributed by atoms with Crippen molar-refractivity contribution in [1.82, 2.24) is 20.2 Å². The highest BCUT2D eigenvalue weighted by Crippen LogP contribution is 2.28. The molecule has 0 spiro atoms. The predicted octanol–water partition coefficient (Wildman–Crippen LogP) is 3.30. The minimum Gasteiger partial charge on any atom is -0.256 e. The Morgan fingerprint density at radius 3 is 3.00 bits per heavy atom. The number of nitrogens with zero attached hydrogens (tertiary/aromatic N) is 3. The van der Waals surface area contributed by atoms with E-state index in [1.165, 1.54) is 6.33 Å². The zero-order valence-electron chi connectivity index (χ0n) is 9.30. The van der Waals surface area contributed by atoms with E-state index in [1.54, 1.807) is 18.0 Å². The molecule has 0 bridgehead atoms. The molecule has 2 aromatic heterocycles. The molecule has 1 aromatic carbocycles. The van der Waals surface area contributed by atoms with Crippen LogP contribution in [0.25, 0.3) is 10.9 Å². The van der Waals surface area contributed by atoms with Crippen molar-refractivity contribution in [1.29, 1.82) is 0 Å². The van der Waals surface area contributed by atoms with Gasteiger partial charge in [-0.1, -0.05) is 29.4 Å². The van der Waals surface area contributed by atoms with Gasteiger partial charge in [-0.2, -0.15) is 5.10 Å². The molecule has 0 aliphatic heterocycles. The summed E-state index contributed by atoms with van der Waals surface area (Å²) in [7, 11) is 0. The Balaban J connectivity index is 1.94. The predicted molar refractivity (Wildman–Crippen MR) is 72.7 cm³/mol. The van der Waals surface area contributed by atoms with Gasteiger partial charge in [0.2, 0.25) is 0 Å². The lowest BCUT2D eigenvalue weighted by Crippen LogP contribution is -1.88. The lowest BCUT2D eigenvalue weighted by Gasteiger charge is -2.05. The van der Waals surface area contributed by atoms with Crippen LogP contribution >= 0.6 is 23.4 Å². The Hall–Kier alpha value is -1.59. The maximum absolute atomic E-state index is 6.15. The van der Waals surface area contributed by atoms with E-state index >= 15 is 0 Å². The van der Waals surface area contributed by atoms with Gasteiger partial charge in [-0.15, -0.1) is 0 Å². The minimum atomic E-state index is 0.728. The molecule has 90 valence electrons. The molecule has 3 rings (SSSR count). The van der Waals surface area contributed by atoms with Gasteiger partial charge >= 0.3 is 0 Å². The Labute approximate surface area is 113 Å². The van der Waals surface area contributed by atoms with Crippen LogP contribution in [0.3, 0.4) is 0 Å². The number of benzene rings is 1. The average molecular weight is 277 g/mol. The lowest BCUT2D eigenvalue weighted by molar-refractivity contribution is 0.973. The number of hydrogen-bond donors (Lipinski definition) is 1. The van der Waals surface area contributed by atoms with E-state index in [0.717, 1.165) is 32.4 Å². The topological polar surface area (TPSA) is 54.5 Å². The first-order valence-corrected chi connectivity index (χ1v) is 6.71. The first-order valence-electron chi connectivity index (χ1n) is 5.35. The van der Waals surface area contributed by atoms with Crippen molar-refractivity contribution in [3.63, 3.8) is 0 Å². The van der Waals surface area contributed by atoms with Gasteiger partial charge in [0.1, 0.15) is 6.33 Å². The van der Waals surface area contributed by atoms with Gasteiger partial charge in [-0.3, -0.25) is 10.1 Å². The Bertz CT molecular complexity index is 669. The Kier molecular flexibility index (Phi) is 3.17. The van der Waals surface area contributed by atoms with Gasteiger partial charge in [0.15, 0.2) is 5.16 Å². The van der Waals surface area contributed by atoms with Crippen LogP contribution in [0.15, 0.2) is 41.9 Å². The highest BCUT2D eigenvalue weighted by Gasteiger charge is 2.06.